The van der Waals surface area contributed by atoms with E-state index in [0.29, 0.717) is 5.75 Å². The van der Waals surface area contributed by atoms with E-state index in [-0.39, 0.29) is 12.5 Å². The molecule has 24 heavy (non-hydrogen) atoms. The quantitative estimate of drug-likeness (QED) is 0.806. The van der Waals surface area contributed by atoms with Crippen molar-refractivity contribution in [2.24, 2.45) is 0 Å². The minimum absolute atomic E-state index is 0.0604. The Labute approximate surface area is 146 Å². The van der Waals surface area contributed by atoms with Crippen LogP contribution in [-0.2, 0) is 16.9 Å². The molecule has 0 saturated carbocycles. The van der Waals surface area contributed by atoms with Crippen LogP contribution in [0.4, 0.5) is 0 Å². The van der Waals surface area contributed by atoms with E-state index in [0.717, 1.165) is 22.7 Å². The van der Waals surface area contributed by atoms with Crippen molar-refractivity contribution in [1.82, 2.24) is 10.3 Å². The molecular weight excluding hydrogens is 324 g/mol. The van der Waals surface area contributed by atoms with Gasteiger partial charge in [0.15, 0.2) is 6.10 Å². The van der Waals surface area contributed by atoms with Gasteiger partial charge in [0.2, 0.25) is 0 Å². The molecule has 6 heteroatoms. The van der Waals surface area contributed by atoms with E-state index in [1.54, 1.807) is 42.5 Å². The van der Waals surface area contributed by atoms with Crippen molar-refractivity contribution in [3.8, 4) is 5.75 Å². The number of nitrogens with zero attached hydrogens (tertiary/aromatic N) is 1. The third kappa shape index (κ3) is 4.33. The first-order valence-electron chi connectivity index (χ1n) is 7.99. The zero-order valence-electron chi connectivity index (χ0n) is 14.5. The average molecular weight is 348 g/mol. The summed E-state index contributed by atoms with van der Waals surface area (Å²) in [7, 11) is 0. The summed E-state index contributed by atoms with van der Waals surface area (Å²) in [5.41, 5.74) is 1.19. The Balaban J connectivity index is 2.06. The SMILES string of the molecule is CCC(C)(NC(=O)C(C)Oc1cccc(CO)c1)c1nc(C)cs1. The third-order valence-corrected chi connectivity index (χ3v) is 5.18. The molecule has 0 aliphatic heterocycles. The van der Waals surface area contributed by atoms with Gasteiger partial charge in [-0.2, -0.15) is 0 Å². The van der Waals surface area contributed by atoms with Crippen LogP contribution in [-0.4, -0.2) is 22.1 Å². The van der Waals surface area contributed by atoms with Crippen LogP contribution in [0.25, 0.3) is 0 Å². The van der Waals surface area contributed by atoms with Crippen molar-refractivity contribution >= 4 is 17.2 Å². The first-order chi connectivity index (χ1) is 11.4. The van der Waals surface area contributed by atoms with Gasteiger partial charge in [-0.15, -0.1) is 11.3 Å². The molecule has 0 fully saturated rings. The molecule has 1 aromatic heterocycles. The van der Waals surface area contributed by atoms with Crippen molar-refractivity contribution < 1.29 is 14.6 Å². The number of carbonyl (C=O) groups excluding carboxylic acids is 1. The van der Waals surface area contributed by atoms with Gasteiger partial charge in [-0.25, -0.2) is 4.98 Å². The van der Waals surface area contributed by atoms with Gasteiger partial charge in [-0.1, -0.05) is 19.1 Å². The maximum absolute atomic E-state index is 12.5. The number of benzene rings is 1. The molecule has 0 bridgehead atoms. The van der Waals surface area contributed by atoms with Crippen molar-refractivity contribution in [3.63, 3.8) is 0 Å². The number of aliphatic hydroxyl groups excluding tert-OH is 1. The molecule has 2 atom stereocenters. The number of thiazole rings is 1. The second-order valence-corrected chi connectivity index (χ2v) is 6.89. The molecule has 0 aliphatic carbocycles. The number of aromatic nitrogens is 1. The van der Waals surface area contributed by atoms with Gasteiger partial charge in [0.05, 0.1) is 12.1 Å². The van der Waals surface area contributed by atoms with Gasteiger partial charge < -0.3 is 15.2 Å². The summed E-state index contributed by atoms with van der Waals surface area (Å²) in [6.45, 7) is 7.59. The lowest BCUT2D eigenvalue weighted by Gasteiger charge is -2.29. The monoisotopic (exact) mass is 348 g/mol. The third-order valence-electron chi connectivity index (χ3n) is 3.96. The molecule has 130 valence electrons. The number of carbonyl (C=O) groups is 1. The van der Waals surface area contributed by atoms with E-state index in [4.69, 9.17) is 4.74 Å². The Kier molecular flexibility index (Phi) is 5.96. The van der Waals surface area contributed by atoms with E-state index in [1.807, 2.05) is 26.2 Å². The molecule has 2 aromatic rings. The molecule has 0 saturated heterocycles. The number of hydrogen-bond acceptors (Lipinski definition) is 5. The summed E-state index contributed by atoms with van der Waals surface area (Å²) in [6.07, 6.45) is 0.0872. The Morgan fingerprint density at radius 1 is 1.50 bits per heavy atom. The molecule has 1 heterocycles. The summed E-state index contributed by atoms with van der Waals surface area (Å²) in [6, 6.07) is 7.09. The van der Waals surface area contributed by atoms with Gasteiger partial charge in [-0.3, -0.25) is 4.79 Å². The molecule has 0 radical (unpaired) electrons. The lowest BCUT2D eigenvalue weighted by atomic mass is 9.99. The fourth-order valence-corrected chi connectivity index (χ4v) is 3.24. The number of hydrogen-bond donors (Lipinski definition) is 2. The molecule has 0 aliphatic rings. The fraction of sp³-hybridized carbons (Fsp3) is 0.444. The highest BCUT2D eigenvalue weighted by Crippen LogP contribution is 2.27. The smallest absolute Gasteiger partial charge is 0.261 e. The Morgan fingerprint density at radius 3 is 2.83 bits per heavy atom. The maximum atomic E-state index is 12.5. The normalized spacial score (nSPS) is 14.7. The zero-order valence-corrected chi connectivity index (χ0v) is 15.3. The molecule has 5 nitrogen and oxygen atoms in total. The standard InChI is InChI=1S/C18H24N2O3S/c1-5-18(4,17-19-12(2)11-24-17)20-16(22)13(3)23-15-8-6-7-14(9-15)10-21/h6-9,11,13,21H,5,10H2,1-4H3,(H,20,22). The average Bonchev–Trinajstić information content (AvgIpc) is 3.02. The number of ether oxygens (including phenoxy) is 1. The predicted octanol–water partition coefficient (Wildman–Crippen LogP) is 3.15. The lowest BCUT2D eigenvalue weighted by Crippen LogP contribution is -2.48. The van der Waals surface area contributed by atoms with Crippen molar-refractivity contribution in [2.45, 2.75) is 52.4 Å². The van der Waals surface area contributed by atoms with E-state index in [2.05, 4.69) is 10.3 Å². The number of aliphatic hydroxyl groups is 1. The number of nitrogens with one attached hydrogen (secondary N) is 1. The molecule has 1 aromatic carbocycles. The van der Waals surface area contributed by atoms with Gasteiger partial charge in [0, 0.05) is 11.1 Å². The molecule has 1 amide bonds. The minimum Gasteiger partial charge on any atom is -0.481 e. The van der Waals surface area contributed by atoms with Crippen molar-refractivity contribution in [3.05, 3.63) is 45.9 Å². The zero-order chi connectivity index (χ0) is 17.7. The second kappa shape index (κ2) is 7.77. The number of rotatable bonds is 7. The highest BCUT2D eigenvalue weighted by molar-refractivity contribution is 7.09. The summed E-state index contributed by atoms with van der Waals surface area (Å²) in [5, 5.41) is 15.1. The highest BCUT2D eigenvalue weighted by Gasteiger charge is 2.31. The van der Waals surface area contributed by atoms with Crippen LogP contribution in [0.3, 0.4) is 0 Å². The Hall–Kier alpha value is -1.92. The second-order valence-electron chi connectivity index (χ2n) is 6.03. The van der Waals surface area contributed by atoms with E-state index < -0.39 is 11.6 Å². The van der Waals surface area contributed by atoms with Crippen LogP contribution in [0, 0.1) is 6.92 Å². The van der Waals surface area contributed by atoms with E-state index in [9.17, 15) is 9.90 Å². The molecule has 2 rings (SSSR count). The maximum Gasteiger partial charge on any atom is 0.261 e. The van der Waals surface area contributed by atoms with E-state index >= 15 is 0 Å². The molecule has 2 N–H and O–H groups in total. The summed E-state index contributed by atoms with van der Waals surface area (Å²) >= 11 is 1.55. The predicted molar refractivity (Wildman–Crippen MR) is 95.1 cm³/mol. The van der Waals surface area contributed by atoms with Crippen LogP contribution in [0.15, 0.2) is 29.6 Å². The Morgan fingerprint density at radius 2 is 2.25 bits per heavy atom. The van der Waals surface area contributed by atoms with Gasteiger partial charge in [0.25, 0.3) is 5.91 Å². The summed E-state index contributed by atoms with van der Waals surface area (Å²) in [4.78, 5) is 17.1. The topological polar surface area (TPSA) is 71.5 Å². The fourth-order valence-electron chi connectivity index (χ4n) is 2.25. The molecule has 0 spiro atoms. The van der Waals surface area contributed by atoms with Gasteiger partial charge in [-0.05, 0) is 44.9 Å². The minimum atomic E-state index is -0.647. The van der Waals surface area contributed by atoms with Gasteiger partial charge >= 0.3 is 0 Å². The molecular formula is C18H24N2O3S. The number of aryl methyl sites for hydroxylation is 1. The van der Waals surface area contributed by atoms with Crippen LogP contribution in [0.5, 0.6) is 5.75 Å². The summed E-state index contributed by atoms with van der Waals surface area (Å²) in [5.74, 6) is 0.370. The van der Waals surface area contributed by atoms with Crippen LogP contribution in [0.2, 0.25) is 0 Å². The van der Waals surface area contributed by atoms with Crippen LogP contribution in [0.1, 0.15) is 43.5 Å². The summed E-state index contributed by atoms with van der Waals surface area (Å²) < 4.78 is 5.71. The van der Waals surface area contributed by atoms with Crippen molar-refractivity contribution in [1.29, 1.82) is 0 Å². The number of amides is 1. The van der Waals surface area contributed by atoms with Crippen LogP contribution < -0.4 is 10.1 Å². The molecule has 2 unspecified atom stereocenters. The highest BCUT2D eigenvalue weighted by atomic mass is 32.1. The Bertz CT molecular complexity index is 701. The van der Waals surface area contributed by atoms with Crippen molar-refractivity contribution in [2.75, 3.05) is 0 Å². The lowest BCUT2D eigenvalue weighted by molar-refractivity contribution is -0.129. The largest absolute Gasteiger partial charge is 0.481 e. The van der Waals surface area contributed by atoms with E-state index in [1.165, 1.54) is 0 Å². The first-order valence-corrected chi connectivity index (χ1v) is 8.87. The van der Waals surface area contributed by atoms with Crippen LogP contribution >= 0.6 is 11.3 Å². The first kappa shape index (κ1) is 18.4. The van der Waals surface area contributed by atoms with Gasteiger partial charge in [0.1, 0.15) is 10.8 Å².